The molecule has 0 aliphatic heterocycles. The van der Waals surface area contributed by atoms with Crippen molar-refractivity contribution in [3.8, 4) is 11.4 Å². The third kappa shape index (κ3) is 5.41. The van der Waals surface area contributed by atoms with Crippen LogP contribution in [0.3, 0.4) is 0 Å². The number of benzene rings is 2. The fraction of sp³-hybridized carbons (Fsp3) is 0.250. The molecule has 0 spiro atoms. The second kappa shape index (κ2) is 9.50. The monoisotopic (exact) mass is 383 g/mol. The van der Waals surface area contributed by atoms with Crippen LogP contribution in [-0.4, -0.2) is 21.0 Å². The van der Waals surface area contributed by atoms with Crippen molar-refractivity contribution in [3.63, 3.8) is 0 Å². The highest BCUT2D eigenvalue weighted by atomic mass is 32.2. The quantitative estimate of drug-likeness (QED) is 0.538. The molecular weight excluding hydrogens is 362 g/mol. The Morgan fingerprint density at radius 2 is 1.88 bits per heavy atom. The fourth-order valence-corrected chi connectivity index (χ4v) is 3.85. The van der Waals surface area contributed by atoms with Crippen LogP contribution in [0.1, 0.15) is 25.3 Å². The minimum absolute atomic E-state index is 0.0345. The van der Waals surface area contributed by atoms with Gasteiger partial charge in [-0.2, -0.15) is 4.37 Å². The molecule has 1 N–H and O–H groups in total. The third-order valence-corrected chi connectivity index (χ3v) is 5.66. The first kappa shape index (κ1) is 18.6. The smallest absolute Gasteiger partial charge is 0.234 e. The maximum Gasteiger partial charge on any atom is 0.234 e. The Labute approximate surface area is 162 Å². The molecule has 1 heterocycles. The van der Waals surface area contributed by atoms with Gasteiger partial charge in [-0.15, -0.1) is 0 Å². The number of rotatable bonds is 8. The van der Waals surface area contributed by atoms with Crippen LogP contribution in [0.25, 0.3) is 11.4 Å². The van der Waals surface area contributed by atoms with Crippen molar-refractivity contribution in [2.24, 2.45) is 0 Å². The number of unbranched alkanes of at least 4 members (excludes halogenated alkanes) is 1. The summed E-state index contributed by atoms with van der Waals surface area (Å²) in [5, 5.41) is 2.93. The van der Waals surface area contributed by atoms with Crippen LogP contribution < -0.4 is 5.32 Å². The molecule has 0 atom stereocenters. The van der Waals surface area contributed by atoms with Gasteiger partial charge < -0.3 is 5.32 Å². The first-order chi connectivity index (χ1) is 12.7. The summed E-state index contributed by atoms with van der Waals surface area (Å²) in [5.41, 5.74) is 3.13. The molecule has 2 aromatic carbocycles. The summed E-state index contributed by atoms with van der Waals surface area (Å²) >= 11 is 2.73. The molecule has 0 bridgehead atoms. The Kier molecular flexibility index (Phi) is 6.80. The van der Waals surface area contributed by atoms with Gasteiger partial charge in [0.15, 0.2) is 10.2 Å². The lowest BCUT2D eigenvalue weighted by Gasteiger charge is -2.06. The van der Waals surface area contributed by atoms with E-state index in [4.69, 9.17) is 0 Å². The minimum Gasteiger partial charge on any atom is -0.325 e. The van der Waals surface area contributed by atoms with Gasteiger partial charge in [0.1, 0.15) is 0 Å². The number of carbonyl (C=O) groups excluding carboxylic acids is 1. The highest BCUT2D eigenvalue weighted by Crippen LogP contribution is 2.25. The van der Waals surface area contributed by atoms with E-state index in [-0.39, 0.29) is 5.91 Å². The maximum absolute atomic E-state index is 12.1. The zero-order chi connectivity index (χ0) is 18.2. The molecule has 0 unspecified atom stereocenters. The summed E-state index contributed by atoms with van der Waals surface area (Å²) < 4.78 is 5.16. The van der Waals surface area contributed by atoms with Crippen LogP contribution in [0.2, 0.25) is 0 Å². The number of nitrogens with zero attached hydrogens (tertiary/aromatic N) is 2. The number of aryl methyl sites for hydroxylation is 1. The molecule has 0 aliphatic rings. The summed E-state index contributed by atoms with van der Waals surface area (Å²) in [7, 11) is 0. The molecule has 3 aromatic rings. The third-order valence-electron chi connectivity index (χ3n) is 3.82. The molecule has 1 aromatic heterocycles. The maximum atomic E-state index is 12.1. The van der Waals surface area contributed by atoms with Gasteiger partial charge in [-0.25, -0.2) is 4.98 Å². The molecule has 134 valence electrons. The Balaban J connectivity index is 1.49. The normalized spacial score (nSPS) is 10.7. The zero-order valence-electron chi connectivity index (χ0n) is 14.6. The van der Waals surface area contributed by atoms with Crippen molar-refractivity contribution >= 4 is 34.9 Å². The van der Waals surface area contributed by atoms with Gasteiger partial charge in [-0.3, -0.25) is 4.79 Å². The lowest BCUT2D eigenvalue weighted by atomic mass is 10.1. The van der Waals surface area contributed by atoms with Crippen molar-refractivity contribution < 1.29 is 4.79 Å². The number of carbonyl (C=O) groups is 1. The van der Waals surface area contributed by atoms with E-state index in [9.17, 15) is 4.79 Å². The van der Waals surface area contributed by atoms with Gasteiger partial charge in [0.25, 0.3) is 0 Å². The molecule has 0 fully saturated rings. The second-order valence-electron chi connectivity index (χ2n) is 5.89. The first-order valence-electron chi connectivity index (χ1n) is 8.65. The van der Waals surface area contributed by atoms with Gasteiger partial charge in [-0.05, 0) is 42.1 Å². The largest absolute Gasteiger partial charge is 0.325 e. The van der Waals surface area contributed by atoms with Crippen molar-refractivity contribution in [1.29, 1.82) is 0 Å². The molecule has 0 radical (unpaired) electrons. The number of anilines is 1. The van der Waals surface area contributed by atoms with E-state index < -0.39 is 0 Å². The molecule has 6 heteroatoms. The number of amides is 1. The zero-order valence-corrected chi connectivity index (χ0v) is 16.3. The Bertz CT molecular complexity index is 832. The molecule has 0 saturated carbocycles. The Hall–Kier alpha value is -2.18. The van der Waals surface area contributed by atoms with Crippen LogP contribution in [0.4, 0.5) is 5.69 Å². The number of nitrogens with one attached hydrogen (secondary N) is 1. The van der Waals surface area contributed by atoms with Gasteiger partial charge in [-0.1, -0.05) is 67.6 Å². The average molecular weight is 384 g/mol. The summed E-state index contributed by atoms with van der Waals surface area (Å²) in [4.78, 5) is 16.6. The number of hydrogen-bond acceptors (Lipinski definition) is 5. The van der Waals surface area contributed by atoms with E-state index >= 15 is 0 Å². The average Bonchev–Trinajstić information content (AvgIpc) is 3.16. The van der Waals surface area contributed by atoms with Gasteiger partial charge in [0.05, 0.1) is 5.75 Å². The number of hydrogen-bond donors (Lipinski definition) is 1. The molecule has 4 nitrogen and oxygen atoms in total. The van der Waals surface area contributed by atoms with Crippen LogP contribution in [0, 0.1) is 0 Å². The van der Waals surface area contributed by atoms with Crippen LogP contribution >= 0.6 is 23.3 Å². The van der Waals surface area contributed by atoms with E-state index in [1.54, 1.807) is 0 Å². The summed E-state index contributed by atoms with van der Waals surface area (Å²) in [6.07, 6.45) is 3.46. The lowest BCUT2D eigenvalue weighted by Crippen LogP contribution is -2.13. The molecule has 0 aliphatic carbocycles. The fourth-order valence-electron chi connectivity index (χ4n) is 2.43. The Morgan fingerprint density at radius 3 is 2.62 bits per heavy atom. The summed E-state index contributed by atoms with van der Waals surface area (Å²) in [5.74, 6) is 0.995. The van der Waals surface area contributed by atoms with Gasteiger partial charge in [0, 0.05) is 11.3 Å². The van der Waals surface area contributed by atoms with Crippen LogP contribution in [0.5, 0.6) is 0 Å². The second-order valence-corrected chi connectivity index (χ2v) is 7.86. The predicted octanol–water partition coefficient (Wildman–Crippen LogP) is 5.28. The number of thioether (sulfide) groups is 1. The van der Waals surface area contributed by atoms with E-state index in [2.05, 4.69) is 33.7 Å². The van der Waals surface area contributed by atoms with E-state index in [1.165, 1.54) is 41.7 Å². The molecule has 1 amide bonds. The van der Waals surface area contributed by atoms with Crippen molar-refractivity contribution in [2.45, 2.75) is 30.5 Å². The number of aromatic nitrogens is 2. The van der Waals surface area contributed by atoms with Crippen molar-refractivity contribution in [3.05, 3.63) is 60.2 Å². The molecule has 3 rings (SSSR count). The van der Waals surface area contributed by atoms with E-state index in [0.29, 0.717) is 11.6 Å². The SMILES string of the molecule is CCCCc1ccc(NC(=O)CSc2nc(-c3ccccc3)ns2)cc1. The van der Waals surface area contributed by atoms with Gasteiger partial charge in [0.2, 0.25) is 5.91 Å². The molecule has 26 heavy (non-hydrogen) atoms. The molecular formula is C20H21N3OS2. The van der Waals surface area contributed by atoms with Crippen LogP contribution in [-0.2, 0) is 11.2 Å². The topological polar surface area (TPSA) is 54.9 Å². The summed E-state index contributed by atoms with van der Waals surface area (Å²) in [6.45, 7) is 2.19. The Morgan fingerprint density at radius 1 is 1.12 bits per heavy atom. The van der Waals surface area contributed by atoms with Gasteiger partial charge >= 0.3 is 0 Å². The molecule has 0 saturated heterocycles. The predicted molar refractivity (Wildman–Crippen MR) is 110 cm³/mol. The first-order valence-corrected chi connectivity index (χ1v) is 10.4. The standard InChI is InChI=1S/C20H21N3OS2/c1-2-3-7-15-10-12-17(13-11-15)21-18(24)14-25-20-22-19(23-26-20)16-8-5-4-6-9-16/h4-6,8-13H,2-3,7,14H2,1H3,(H,21,24). The highest BCUT2D eigenvalue weighted by Gasteiger charge is 2.09. The lowest BCUT2D eigenvalue weighted by molar-refractivity contribution is -0.113. The van der Waals surface area contributed by atoms with E-state index in [0.717, 1.165) is 22.0 Å². The van der Waals surface area contributed by atoms with E-state index in [1.807, 2.05) is 42.5 Å². The van der Waals surface area contributed by atoms with Crippen molar-refractivity contribution in [2.75, 3.05) is 11.1 Å². The van der Waals surface area contributed by atoms with Crippen LogP contribution in [0.15, 0.2) is 58.9 Å². The highest BCUT2D eigenvalue weighted by molar-refractivity contribution is 8.01. The minimum atomic E-state index is -0.0345. The van der Waals surface area contributed by atoms with Crippen molar-refractivity contribution in [1.82, 2.24) is 9.36 Å². The summed E-state index contributed by atoms with van der Waals surface area (Å²) in [6, 6.07) is 17.9.